The van der Waals surface area contributed by atoms with Crippen molar-refractivity contribution in [2.75, 3.05) is 0 Å². The Hall–Kier alpha value is -3.39. The molecule has 0 atom stereocenters. The zero-order chi connectivity index (χ0) is 20.2. The van der Waals surface area contributed by atoms with Gasteiger partial charge < -0.3 is 4.42 Å². The number of aryl methyl sites for hydroxylation is 1. The first-order chi connectivity index (χ1) is 14.1. The molecule has 0 aliphatic carbocycles. The minimum Gasteiger partial charge on any atom is -0.469 e. The normalized spacial score (nSPS) is 10.9. The lowest BCUT2D eigenvalue weighted by atomic mass is 10.2. The summed E-state index contributed by atoms with van der Waals surface area (Å²) in [6, 6.07) is 18.6. The number of non-ortho nitro benzene ring substituents is 1. The van der Waals surface area contributed by atoms with E-state index < -0.39 is 4.92 Å². The van der Waals surface area contributed by atoms with Gasteiger partial charge in [0.05, 0.1) is 23.3 Å². The average Bonchev–Trinajstić information content (AvgIpc) is 3.33. The van der Waals surface area contributed by atoms with Gasteiger partial charge in [-0.3, -0.25) is 14.7 Å². The first-order valence-corrected chi connectivity index (χ1v) is 9.98. The second kappa shape index (κ2) is 8.32. The Bertz CT molecular complexity index is 1120. The number of nitro groups is 1. The van der Waals surface area contributed by atoms with Crippen LogP contribution in [0.2, 0.25) is 0 Å². The maximum atomic E-state index is 10.8. The molecule has 0 fully saturated rings. The molecule has 0 saturated carbocycles. The minimum absolute atomic E-state index is 0.0868. The Kier molecular flexibility index (Phi) is 5.44. The van der Waals surface area contributed by atoms with Crippen LogP contribution in [0.15, 0.2) is 76.5 Å². The van der Waals surface area contributed by atoms with E-state index in [0.717, 1.165) is 33.4 Å². The van der Waals surface area contributed by atoms with E-state index in [1.807, 2.05) is 31.2 Å². The monoisotopic (exact) mass is 406 g/mol. The van der Waals surface area contributed by atoms with Crippen molar-refractivity contribution in [3.8, 4) is 11.4 Å². The third kappa shape index (κ3) is 4.22. The smallest absolute Gasteiger partial charge is 0.269 e. The summed E-state index contributed by atoms with van der Waals surface area (Å²) >= 11 is 1.55. The van der Waals surface area contributed by atoms with E-state index in [0.29, 0.717) is 12.3 Å². The number of nitro benzene ring substituents is 1. The minimum atomic E-state index is -0.396. The molecular weight excluding hydrogens is 388 g/mol. The van der Waals surface area contributed by atoms with Gasteiger partial charge in [0.1, 0.15) is 5.76 Å². The fourth-order valence-electron chi connectivity index (χ4n) is 2.98. The van der Waals surface area contributed by atoms with Gasteiger partial charge in [-0.1, -0.05) is 54.2 Å². The summed E-state index contributed by atoms with van der Waals surface area (Å²) in [6.07, 6.45) is 1.65. The number of thioether (sulfide) groups is 1. The highest BCUT2D eigenvalue weighted by Gasteiger charge is 2.18. The molecule has 0 aliphatic heterocycles. The molecule has 4 aromatic rings. The fraction of sp³-hybridized carbons (Fsp3) is 0.143. The Morgan fingerprint density at radius 3 is 2.45 bits per heavy atom. The van der Waals surface area contributed by atoms with Crippen molar-refractivity contribution < 1.29 is 9.34 Å². The van der Waals surface area contributed by atoms with E-state index in [-0.39, 0.29) is 5.69 Å². The van der Waals surface area contributed by atoms with E-state index in [9.17, 15) is 10.1 Å². The Morgan fingerprint density at radius 2 is 1.79 bits per heavy atom. The predicted octanol–water partition coefficient (Wildman–Crippen LogP) is 5.10. The first-order valence-electron chi connectivity index (χ1n) is 8.99. The molecule has 0 amide bonds. The molecule has 0 saturated heterocycles. The van der Waals surface area contributed by atoms with E-state index in [4.69, 9.17) is 4.42 Å². The Balaban J connectivity index is 1.61. The van der Waals surface area contributed by atoms with Gasteiger partial charge in [-0.25, -0.2) is 0 Å². The van der Waals surface area contributed by atoms with Crippen LogP contribution in [0.1, 0.15) is 16.9 Å². The molecule has 2 heterocycles. The van der Waals surface area contributed by atoms with Gasteiger partial charge in [0.25, 0.3) is 5.69 Å². The summed E-state index contributed by atoms with van der Waals surface area (Å²) in [5, 5.41) is 20.4. The number of aromatic nitrogens is 3. The van der Waals surface area contributed by atoms with Crippen molar-refractivity contribution >= 4 is 17.4 Å². The van der Waals surface area contributed by atoms with Gasteiger partial charge in [-0.15, -0.1) is 10.2 Å². The van der Waals surface area contributed by atoms with Gasteiger partial charge >= 0.3 is 0 Å². The number of hydrogen-bond donors (Lipinski definition) is 0. The molecule has 4 rings (SSSR count). The van der Waals surface area contributed by atoms with Crippen LogP contribution in [-0.4, -0.2) is 19.7 Å². The zero-order valence-electron chi connectivity index (χ0n) is 15.7. The molecule has 146 valence electrons. The van der Waals surface area contributed by atoms with Gasteiger partial charge in [-0.2, -0.15) is 0 Å². The topological polar surface area (TPSA) is 87.0 Å². The van der Waals surface area contributed by atoms with Crippen LogP contribution < -0.4 is 0 Å². The van der Waals surface area contributed by atoms with E-state index in [2.05, 4.69) is 26.9 Å². The second-order valence-electron chi connectivity index (χ2n) is 6.48. The zero-order valence-corrected chi connectivity index (χ0v) is 16.5. The van der Waals surface area contributed by atoms with Crippen LogP contribution in [0.25, 0.3) is 11.4 Å². The van der Waals surface area contributed by atoms with Crippen molar-refractivity contribution in [1.82, 2.24) is 14.8 Å². The molecule has 8 heteroatoms. The summed E-state index contributed by atoms with van der Waals surface area (Å²) in [4.78, 5) is 10.4. The quantitative estimate of drug-likeness (QED) is 0.241. The van der Waals surface area contributed by atoms with Crippen LogP contribution in [0.5, 0.6) is 0 Å². The van der Waals surface area contributed by atoms with Crippen LogP contribution >= 0.6 is 11.8 Å². The summed E-state index contributed by atoms with van der Waals surface area (Å²) in [7, 11) is 0. The van der Waals surface area contributed by atoms with Crippen LogP contribution in [0.4, 0.5) is 5.69 Å². The maximum Gasteiger partial charge on any atom is 0.269 e. The number of rotatable bonds is 7. The number of hydrogen-bond acceptors (Lipinski definition) is 6. The highest BCUT2D eigenvalue weighted by atomic mass is 32.2. The lowest BCUT2D eigenvalue weighted by molar-refractivity contribution is -0.384. The molecule has 0 spiro atoms. The average molecular weight is 406 g/mol. The molecule has 0 N–H and O–H groups in total. The van der Waals surface area contributed by atoms with Gasteiger partial charge in [0.15, 0.2) is 11.0 Å². The fourth-order valence-corrected chi connectivity index (χ4v) is 3.88. The van der Waals surface area contributed by atoms with E-state index >= 15 is 0 Å². The lowest BCUT2D eigenvalue weighted by Crippen LogP contribution is -2.04. The third-order valence-electron chi connectivity index (χ3n) is 4.52. The second-order valence-corrected chi connectivity index (χ2v) is 7.42. The van der Waals surface area contributed by atoms with Crippen molar-refractivity contribution in [1.29, 1.82) is 0 Å². The number of furan rings is 1. The molecule has 2 aromatic carbocycles. The molecule has 0 radical (unpaired) electrons. The molecule has 0 aliphatic rings. The molecular formula is C21H18N4O3S. The van der Waals surface area contributed by atoms with Gasteiger partial charge in [0.2, 0.25) is 0 Å². The van der Waals surface area contributed by atoms with Crippen molar-refractivity contribution in [2.24, 2.45) is 0 Å². The molecule has 0 bridgehead atoms. The van der Waals surface area contributed by atoms with Crippen molar-refractivity contribution in [2.45, 2.75) is 24.4 Å². The summed E-state index contributed by atoms with van der Waals surface area (Å²) in [5.74, 6) is 2.18. The Morgan fingerprint density at radius 1 is 1.03 bits per heavy atom. The van der Waals surface area contributed by atoms with Gasteiger partial charge in [-0.05, 0) is 24.1 Å². The van der Waals surface area contributed by atoms with Crippen molar-refractivity contribution in [3.63, 3.8) is 0 Å². The number of benzene rings is 2. The predicted molar refractivity (Wildman–Crippen MR) is 111 cm³/mol. The largest absolute Gasteiger partial charge is 0.469 e. The summed E-state index contributed by atoms with van der Waals surface area (Å²) in [5.41, 5.74) is 3.13. The van der Waals surface area contributed by atoms with E-state index in [1.54, 1.807) is 30.2 Å². The van der Waals surface area contributed by atoms with E-state index in [1.165, 1.54) is 12.1 Å². The third-order valence-corrected chi connectivity index (χ3v) is 5.55. The van der Waals surface area contributed by atoms with Crippen LogP contribution in [-0.2, 0) is 12.3 Å². The summed E-state index contributed by atoms with van der Waals surface area (Å²) < 4.78 is 7.52. The maximum absolute atomic E-state index is 10.8. The SMILES string of the molecule is Cc1occc1-c1nnc(SCc2ccc([N+](=O)[O-])cc2)n1Cc1ccccc1. The van der Waals surface area contributed by atoms with Crippen LogP contribution in [0.3, 0.4) is 0 Å². The standard InChI is InChI=1S/C21H18N4O3S/c1-15-19(11-12-28-15)20-22-23-21(24(20)13-16-5-3-2-4-6-16)29-14-17-7-9-18(10-8-17)25(26)27/h2-12H,13-14H2,1H3. The molecule has 7 nitrogen and oxygen atoms in total. The lowest BCUT2D eigenvalue weighted by Gasteiger charge is -2.10. The summed E-state index contributed by atoms with van der Waals surface area (Å²) in [6.45, 7) is 2.54. The molecule has 2 aromatic heterocycles. The highest BCUT2D eigenvalue weighted by Crippen LogP contribution is 2.29. The number of nitrogens with zero attached hydrogens (tertiary/aromatic N) is 4. The highest BCUT2D eigenvalue weighted by molar-refractivity contribution is 7.98. The van der Waals surface area contributed by atoms with Crippen LogP contribution in [0, 0.1) is 17.0 Å². The molecule has 29 heavy (non-hydrogen) atoms. The van der Waals surface area contributed by atoms with Gasteiger partial charge in [0, 0.05) is 17.9 Å². The molecule has 0 unspecified atom stereocenters. The Labute approximate surface area is 171 Å². The first kappa shape index (κ1) is 18.9. The van der Waals surface area contributed by atoms with Crippen molar-refractivity contribution in [3.05, 3.63) is 93.9 Å².